The first-order chi connectivity index (χ1) is 13.5. The van der Waals surface area contributed by atoms with E-state index < -0.39 is 0 Å². The first-order valence-corrected chi connectivity index (χ1v) is 9.41. The number of carbonyl (C=O) groups is 2. The van der Waals surface area contributed by atoms with Crippen molar-refractivity contribution in [1.82, 2.24) is 9.80 Å². The summed E-state index contributed by atoms with van der Waals surface area (Å²) < 4.78 is 10.5. The Balaban J connectivity index is 1.65. The molecule has 1 atom stereocenters. The van der Waals surface area contributed by atoms with Crippen molar-refractivity contribution in [3.63, 3.8) is 0 Å². The predicted octanol–water partition coefficient (Wildman–Crippen LogP) is 2.59. The average Bonchev–Trinajstić information content (AvgIpc) is 2.72. The van der Waals surface area contributed by atoms with E-state index in [0.717, 1.165) is 12.0 Å². The summed E-state index contributed by atoms with van der Waals surface area (Å²) in [5, 5.41) is 0. The van der Waals surface area contributed by atoms with Gasteiger partial charge in [0.2, 0.25) is 5.91 Å². The van der Waals surface area contributed by atoms with E-state index in [4.69, 9.17) is 9.47 Å². The molecule has 1 fully saturated rings. The smallest absolute Gasteiger partial charge is 0.254 e. The Bertz CT molecular complexity index is 918. The molecular formula is C22H24N2O4. The molecule has 0 bridgehead atoms. The number of piperazine rings is 1. The van der Waals surface area contributed by atoms with Crippen molar-refractivity contribution in [2.75, 3.05) is 33.9 Å². The molecule has 146 valence electrons. The van der Waals surface area contributed by atoms with E-state index in [0.29, 0.717) is 30.2 Å². The molecule has 0 radical (unpaired) electrons. The van der Waals surface area contributed by atoms with Crippen LogP contribution in [0.5, 0.6) is 11.5 Å². The van der Waals surface area contributed by atoms with Gasteiger partial charge >= 0.3 is 0 Å². The maximum atomic E-state index is 13.2. The third-order valence-corrected chi connectivity index (χ3v) is 5.58. The molecule has 0 aliphatic carbocycles. The van der Waals surface area contributed by atoms with Crippen LogP contribution >= 0.6 is 0 Å². The number of amides is 2. The van der Waals surface area contributed by atoms with Crippen molar-refractivity contribution in [3.05, 3.63) is 58.7 Å². The van der Waals surface area contributed by atoms with E-state index in [2.05, 4.69) is 25.1 Å². The van der Waals surface area contributed by atoms with Gasteiger partial charge in [0.25, 0.3) is 5.91 Å². The van der Waals surface area contributed by atoms with Crippen LogP contribution < -0.4 is 9.47 Å². The van der Waals surface area contributed by atoms with Gasteiger partial charge in [-0.15, -0.1) is 0 Å². The molecule has 2 aromatic carbocycles. The highest BCUT2D eigenvalue weighted by molar-refractivity contribution is 5.98. The first kappa shape index (κ1) is 18.3. The van der Waals surface area contributed by atoms with Crippen LogP contribution in [0.3, 0.4) is 0 Å². The topological polar surface area (TPSA) is 59.1 Å². The van der Waals surface area contributed by atoms with Crippen LogP contribution in [0.1, 0.15) is 33.1 Å². The molecule has 2 aliphatic heterocycles. The van der Waals surface area contributed by atoms with Crippen molar-refractivity contribution >= 4 is 11.8 Å². The average molecular weight is 380 g/mol. The van der Waals surface area contributed by atoms with Crippen LogP contribution in [0, 0.1) is 6.92 Å². The summed E-state index contributed by atoms with van der Waals surface area (Å²) in [7, 11) is 3.10. The molecule has 4 rings (SSSR count). The van der Waals surface area contributed by atoms with Crippen LogP contribution in [0.15, 0.2) is 36.4 Å². The standard InChI is InChI=1S/C22H24N2O4/c1-14-4-5-19-15(8-14)6-7-24-20(19)12-23(13-21(24)25)22(26)16-9-17(27-2)11-18(10-16)28-3/h4-5,8-11,20H,6-7,12-13H2,1-3H3. The number of aryl methyl sites for hydroxylation is 1. The van der Waals surface area contributed by atoms with Gasteiger partial charge in [-0.05, 0) is 36.6 Å². The molecule has 6 heteroatoms. The molecule has 0 saturated carbocycles. The number of rotatable bonds is 3. The Kier molecular flexibility index (Phi) is 4.71. The summed E-state index contributed by atoms with van der Waals surface area (Å²) in [6.45, 7) is 3.36. The lowest BCUT2D eigenvalue weighted by Gasteiger charge is -2.44. The molecule has 2 aliphatic rings. The zero-order valence-corrected chi connectivity index (χ0v) is 16.4. The van der Waals surface area contributed by atoms with Crippen LogP contribution in [0.2, 0.25) is 0 Å². The second kappa shape index (κ2) is 7.19. The van der Waals surface area contributed by atoms with E-state index in [9.17, 15) is 9.59 Å². The molecule has 28 heavy (non-hydrogen) atoms. The minimum atomic E-state index is -0.190. The van der Waals surface area contributed by atoms with Gasteiger partial charge in [-0.3, -0.25) is 9.59 Å². The van der Waals surface area contributed by atoms with Gasteiger partial charge < -0.3 is 19.3 Å². The Morgan fingerprint density at radius 2 is 1.79 bits per heavy atom. The predicted molar refractivity (Wildman–Crippen MR) is 105 cm³/mol. The Hall–Kier alpha value is -3.02. The van der Waals surface area contributed by atoms with Gasteiger partial charge in [0, 0.05) is 24.7 Å². The van der Waals surface area contributed by atoms with Crippen molar-refractivity contribution in [3.8, 4) is 11.5 Å². The van der Waals surface area contributed by atoms with E-state index in [1.807, 2.05) is 4.90 Å². The third kappa shape index (κ3) is 3.19. The number of nitrogens with zero attached hydrogens (tertiary/aromatic N) is 2. The van der Waals surface area contributed by atoms with Gasteiger partial charge in [0.1, 0.15) is 18.0 Å². The fourth-order valence-electron chi connectivity index (χ4n) is 4.13. The maximum absolute atomic E-state index is 13.2. The van der Waals surface area contributed by atoms with Gasteiger partial charge in [0.15, 0.2) is 0 Å². The zero-order valence-electron chi connectivity index (χ0n) is 16.4. The number of methoxy groups -OCH3 is 2. The second-order valence-corrected chi connectivity index (χ2v) is 7.34. The van der Waals surface area contributed by atoms with Crippen molar-refractivity contribution < 1.29 is 19.1 Å². The Labute approximate surface area is 164 Å². The molecule has 6 nitrogen and oxygen atoms in total. The first-order valence-electron chi connectivity index (χ1n) is 9.41. The van der Waals surface area contributed by atoms with Gasteiger partial charge in [-0.1, -0.05) is 23.8 Å². The van der Waals surface area contributed by atoms with Crippen LogP contribution in [-0.4, -0.2) is 55.5 Å². The number of fused-ring (bicyclic) bond motifs is 3. The lowest BCUT2D eigenvalue weighted by molar-refractivity contribution is -0.139. The molecule has 2 heterocycles. The van der Waals surface area contributed by atoms with E-state index in [1.165, 1.54) is 11.1 Å². The molecule has 1 saturated heterocycles. The lowest BCUT2D eigenvalue weighted by Crippen LogP contribution is -2.55. The number of hydrogen-bond acceptors (Lipinski definition) is 4. The molecule has 1 unspecified atom stereocenters. The molecule has 0 N–H and O–H groups in total. The summed E-state index contributed by atoms with van der Waals surface area (Å²) in [5.74, 6) is 0.896. The largest absolute Gasteiger partial charge is 0.497 e. The van der Waals surface area contributed by atoms with E-state index >= 15 is 0 Å². The normalized spacial score (nSPS) is 18.4. The number of hydrogen-bond donors (Lipinski definition) is 0. The second-order valence-electron chi connectivity index (χ2n) is 7.34. The summed E-state index contributed by atoms with van der Waals surface area (Å²) in [5.41, 5.74) is 4.08. The lowest BCUT2D eigenvalue weighted by atomic mass is 9.89. The molecular weight excluding hydrogens is 356 g/mol. The van der Waals surface area contributed by atoms with E-state index in [-0.39, 0.29) is 24.4 Å². The van der Waals surface area contributed by atoms with Crippen LogP contribution in [0.4, 0.5) is 0 Å². The zero-order chi connectivity index (χ0) is 19.8. The quantitative estimate of drug-likeness (QED) is 0.821. The van der Waals surface area contributed by atoms with Crippen LogP contribution in [0.25, 0.3) is 0 Å². The molecule has 2 amide bonds. The van der Waals surface area contributed by atoms with Crippen LogP contribution in [-0.2, 0) is 11.2 Å². The van der Waals surface area contributed by atoms with Gasteiger partial charge in [0.05, 0.1) is 20.3 Å². The summed E-state index contributed by atoms with van der Waals surface area (Å²) in [6.07, 6.45) is 0.861. The summed E-state index contributed by atoms with van der Waals surface area (Å²) in [4.78, 5) is 29.5. The fraction of sp³-hybridized carbons (Fsp3) is 0.364. The highest BCUT2D eigenvalue weighted by atomic mass is 16.5. The minimum absolute atomic E-state index is 0.00862. The monoisotopic (exact) mass is 380 g/mol. The summed E-state index contributed by atoms with van der Waals surface area (Å²) >= 11 is 0. The van der Waals surface area contributed by atoms with Crippen molar-refractivity contribution in [1.29, 1.82) is 0 Å². The molecule has 0 aromatic heterocycles. The van der Waals surface area contributed by atoms with E-state index in [1.54, 1.807) is 37.3 Å². The highest BCUT2D eigenvalue weighted by Crippen LogP contribution is 2.34. The summed E-state index contributed by atoms with van der Waals surface area (Å²) in [6, 6.07) is 11.3. The maximum Gasteiger partial charge on any atom is 0.254 e. The molecule has 2 aromatic rings. The Morgan fingerprint density at radius 3 is 2.46 bits per heavy atom. The van der Waals surface area contributed by atoms with Gasteiger partial charge in [-0.2, -0.15) is 0 Å². The number of ether oxygens (including phenoxy) is 2. The Morgan fingerprint density at radius 1 is 1.07 bits per heavy atom. The third-order valence-electron chi connectivity index (χ3n) is 5.58. The minimum Gasteiger partial charge on any atom is -0.497 e. The van der Waals surface area contributed by atoms with Crippen molar-refractivity contribution in [2.24, 2.45) is 0 Å². The number of benzene rings is 2. The number of carbonyl (C=O) groups excluding carboxylic acids is 2. The van der Waals surface area contributed by atoms with Gasteiger partial charge in [-0.25, -0.2) is 0 Å². The highest BCUT2D eigenvalue weighted by Gasteiger charge is 2.38. The fourth-order valence-corrected chi connectivity index (χ4v) is 4.13. The molecule has 0 spiro atoms. The SMILES string of the molecule is COc1cc(OC)cc(C(=O)N2CC(=O)N3CCc4cc(C)ccc4C3C2)c1. The van der Waals surface area contributed by atoms with Crippen molar-refractivity contribution in [2.45, 2.75) is 19.4 Å².